The molecular formula is C54H68N7O8P. The van der Waals surface area contributed by atoms with Crippen molar-refractivity contribution < 1.29 is 37.6 Å². The van der Waals surface area contributed by atoms with Crippen molar-refractivity contribution in [1.29, 1.82) is 0 Å². The van der Waals surface area contributed by atoms with E-state index in [0.717, 1.165) is 46.6 Å². The maximum absolute atomic E-state index is 13.6. The number of imidazole rings is 1. The number of benzene rings is 4. The third kappa shape index (κ3) is 12.4. The Morgan fingerprint density at radius 1 is 0.829 bits per heavy atom. The molecule has 1 saturated heterocycles. The fraction of sp³-hybridized carbons (Fsp3) is 0.426. The molecule has 1 aliphatic rings. The molecule has 16 heteroatoms. The molecule has 1 fully saturated rings. The minimum Gasteiger partial charge on any atom is -0.497 e. The predicted molar refractivity (Wildman–Crippen MR) is 273 cm³/mol. The van der Waals surface area contributed by atoms with Crippen molar-refractivity contribution in [3.05, 3.63) is 144 Å². The van der Waals surface area contributed by atoms with Crippen LogP contribution in [0.5, 0.6) is 11.5 Å². The van der Waals surface area contributed by atoms with Crippen molar-refractivity contribution in [3.63, 3.8) is 0 Å². The standard InChI is InChI=1S/C54H68N7O8P/c1-10-30-67-70(61(37(4)5)38(6)7)69-46-31-49(60-35-58-50-51(56-34-57-52(50)60)59-53(63)40-19-17-39(18-20-40)32-55-48(62)29-16-36(2)3)68-47(46)33-66-54(41-14-12-11-13-15-41,42-21-25-44(64-8)26-22-42)43-23-27-45(65-9)28-24-43/h11-15,17-28,34-38,46-47,49H,10,16,29-33H2,1-9H3,(H,55,62)(H,56,57,59,63)/t46?,47-,49-,70?/m1/s1. The second-order valence-electron chi connectivity index (χ2n) is 18.4. The van der Waals surface area contributed by atoms with Gasteiger partial charge in [0.05, 0.1) is 39.9 Å². The first kappa shape index (κ1) is 52.0. The van der Waals surface area contributed by atoms with Crippen molar-refractivity contribution in [2.24, 2.45) is 5.92 Å². The lowest BCUT2D eigenvalue weighted by Crippen LogP contribution is -2.39. The number of carbonyl (C=O) groups excluding carboxylic acids is 2. The minimum atomic E-state index is -1.53. The molecule has 7 rings (SSSR count). The van der Waals surface area contributed by atoms with Crippen molar-refractivity contribution in [2.45, 2.75) is 117 Å². The molecule has 2 aromatic heterocycles. The van der Waals surface area contributed by atoms with Gasteiger partial charge in [0.25, 0.3) is 14.4 Å². The van der Waals surface area contributed by atoms with Crippen LogP contribution in [0.3, 0.4) is 0 Å². The summed E-state index contributed by atoms with van der Waals surface area (Å²) in [5, 5.41) is 5.90. The lowest BCUT2D eigenvalue weighted by molar-refractivity contribution is -0.121. The molecule has 4 aromatic carbocycles. The van der Waals surface area contributed by atoms with Crippen LogP contribution in [-0.2, 0) is 35.5 Å². The number of aromatic nitrogens is 4. The van der Waals surface area contributed by atoms with Crippen molar-refractivity contribution in [1.82, 2.24) is 29.5 Å². The van der Waals surface area contributed by atoms with Gasteiger partial charge in [-0.05, 0) is 105 Å². The molecule has 2 amide bonds. The summed E-state index contributed by atoms with van der Waals surface area (Å²) in [4.78, 5) is 39.7. The van der Waals surface area contributed by atoms with Crippen LogP contribution in [0.1, 0.15) is 113 Å². The van der Waals surface area contributed by atoms with Crippen LogP contribution in [0.2, 0.25) is 0 Å². The van der Waals surface area contributed by atoms with E-state index in [9.17, 15) is 9.59 Å². The lowest BCUT2D eigenvalue weighted by atomic mass is 9.80. The molecule has 0 aliphatic carbocycles. The van der Waals surface area contributed by atoms with E-state index in [1.807, 2.05) is 83.4 Å². The first-order chi connectivity index (χ1) is 33.8. The van der Waals surface area contributed by atoms with Crippen LogP contribution < -0.4 is 20.1 Å². The monoisotopic (exact) mass is 973 g/mol. The number of nitrogens with zero attached hydrogens (tertiary/aromatic N) is 5. The van der Waals surface area contributed by atoms with Crippen LogP contribution in [-0.4, -0.2) is 87.7 Å². The molecule has 70 heavy (non-hydrogen) atoms. The summed E-state index contributed by atoms with van der Waals surface area (Å²) >= 11 is 0. The smallest absolute Gasteiger partial charge is 0.259 e. The Morgan fingerprint density at radius 2 is 1.46 bits per heavy atom. The zero-order chi connectivity index (χ0) is 49.8. The number of carbonyl (C=O) groups is 2. The molecule has 0 bridgehead atoms. The van der Waals surface area contributed by atoms with Gasteiger partial charge in [-0.3, -0.25) is 14.2 Å². The average Bonchev–Trinajstić information content (AvgIpc) is 3.99. The number of fused-ring (bicyclic) bond motifs is 1. The van der Waals surface area contributed by atoms with Crippen LogP contribution in [0.15, 0.2) is 116 Å². The first-order valence-electron chi connectivity index (χ1n) is 24.2. The Hall–Kier alpha value is -5.80. The maximum Gasteiger partial charge on any atom is 0.259 e. The lowest BCUT2D eigenvalue weighted by Gasteiger charge is -2.39. The average molecular weight is 974 g/mol. The number of ether oxygens (including phenoxy) is 4. The van der Waals surface area contributed by atoms with E-state index in [4.69, 9.17) is 33.0 Å². The second-order valence-corrected chi connectivity index (χ2v) is 19.8. The van der Waals surface area contributed by atoms with E-state index >= 15 is 0 Å². The zero-order valence-electron chi connectivity index (χ0n) is 41.8. The van der Waals surface area contributed by atoms with Crippen molar-refractivity contribution >= 4 is 37.3 Å². The molecule has 0 spiro atoms. The number of amides is 2. The maximum atomic E-state index is 13.6. The van der Waals surface area contributed by atoms with Gasteiger partial charge in [0.15, 0.2) is 17.0 Å². The highest BCUT2D eigenvalue weighted by molar-refractivity contribution is 7.44. The fourth-order valence-electron chi connectivity index (χ4n) is 8.64. The number of hydrogen-bond donors (Lipinski definition) is 2. The third-order valence-corrected chi connectivity index (χ3v) is 14.4. The quantitative estimate of drug-likeness (QED) is 0.0437. The first-order valence-corrected chi connectivity index (χ1v) is 25.3. The Morgan fingerprint density at radius 3 is 2.04 bits per heavy atom. The van der Waals surface area contributed by atoms with Crippen LogP contribution in [0.4, 0.5) is 5.82 Å². The SMILES string of the molecule is CCCOP(OC1C[C@H](n2cnc3c(NC(=O)c4ccc(CNC(=O)CCC(C)C)cc4)ncnc32)O[C@@H]1COC(c1ccccc1)(c1ccc(OC)cc1)c1ccc(OC)cc1)N(C(C)C)C(C)C. The fourth-order valence-corrected chi connectivity index (χ4v) is 10.5. The molecule has 0 radical (unpaired) electrons. The van der Waals surface area contributed by atoms with Gasteiger partial charge in [-0.15, -0.1) is 0 Å². The molecule has 3 heterocycles. The van der Waals surface area contributed by atoms with Crippen molar-refractivity contribution in [2.75, 3.05) is 32.8 Å². The van der Waals surface area contributed by atoms with Crippen molar-refractivity contribution in [3.8, 4) is 11.5 Å². The number of anilines is 1. The van der Waals surface area contributed by atoms with Crippen LogP contribution >= 0.6 is 8.53 Å². The van der Waals surface area contributed by atoms with Gasteiger partial charge in [-0.25, -0.2) is 19.6 Å². The summed E-state index contributed by atoms with van der Waals surface area (Å²) in [6.07, 6.45) is 3.93. The topological polar surface area (TPSA) is 160 Å². The highest BCUT2D eigenvalue weighted by Crippen LogP contribution is 2.51. The van der Waals surface area contributed by atoms with Gasteiger partial charge in [-0.2, -0.15) is 0 Å². The summed E-state index contributed by atoms with van der Waals surface area (Å²) in [6, 6.07) is 33.4. The molecule has 15 nitrogen and oxygen atoms in total. The van der Waals surface area contributed by atoms with Gasteiger partial charge in [0, 0.05) is 37.0 Å². The van der Waals surface area contributed by atoms with Crippen LogP contribution in [0, 0.1) is 5.92 Å². The van der Waals surface area contributed by atoms with E-state index in [-0.39, 0.29) is 36.3 Å². The largest absolute Gasteiger partial charge is 0.497 e. The normalized spacial score (nSPS) is 16.6. The summed E-state index contributed by atoms with van der Waals surface area (Å²) in [6.45, 7) is 15.9. The number of rotatable bonds is 24. The van der Waals surface area contributed by atoms with E-state index in [2.05, 4.69) is 85.9 Å². The Labute approximate surface area is 413 Å². The summed E-state index contributed by atoms with van der Waals surface area (Å²) in [5.41, 5.74) is 3.78. The Kier molecular flexibility index (Phi) is 18.1. The number of nitrogens with one attached hydrogen (secondary N) is 2. The van der Waals surface area contributed by atoms with Gasteiger partial charge >= 0.3 is 0 Å². The van der Waals surface area contributed by atoms with Crippen LogP contribution in [0.25, 0.3) is 11.2 Å². The minimum absolute atomic E-state index is 0.00660. The predicted octanol–water partition coefficient (Wildman–Crippen LogP) is 10.6. The zero-order valence-corrected chi connectivity index (χ0v) is 42.7. The third-order valence-electron chi connectivity index (χ3n) is 12.3. The number of hydrogen-bond acceptors (Lipinski definition) is 12. The summed E-state index contributed by atoms with van der Waals surface area (Å²) in [5.74, 6) is 1.80. The Balaban J connectivity index is 1.20. The highest BCUT2D eigenvalue weighted by Gasteiger charge is 2.45. The molecule has 2 N–H and O–H groups in total. The van der Waals surface area contributed by atoms with Gasteiger partial charge in [0.2, 0.25) is 5.91 Å². The van der Waals surface area contributed by atoms with Gasteiger partial charge < -0.3 is 38.6 Å². The summed E-state index contributed by atoms with van der Waals surface area (Å²) < 4.78 is 43.5. The molecule has 372 valence electrons. The van der Waals surface area contributed by atoms with E-state index in [1.165, 1.54) is 6.33 Å². The molecule has 6 aromatic rings. The van der Waals surface area contributed by atoms with Gasteiger partial charge in [0.1, 0.15) is 35.8 Å². The molecule has 4 atom stereocenters. The van der Waals surface area contributed by atoms with E-state index < -0.39 is 32.6 Å². The summed E-state index contributed by atoms with van der Waals surface area (Å²) in [7, 11) is 1.77. The molecular weight excluding hydrogens is 906 g/mol. The second kappa shape index (κ2) is 24.4. The molecule has 2 unspecified atom stereocenters. The van der Waals surface area contributed by atoms with E-state index in [0.29, 0.717) is 48.6 Å². The number of methoxy groups -OCH3 is 2. The molecule has 0 saturated carbocycles. The highest BCUT2D eigenvalue weighted by atomic mass is 31.2. The Bertz CT molecular complexity index is 2540. The molecule has 1 aliphatic heterocycles. The van der Waals surface area contributed by atoms with E-state index in [1.54, 1.807) is 32.7 Å². The van der Waals surface area contributed by atoms with Gasteiger partial charge in [-0.1, -0.05) is 87.5 Å².